The highest BCUT2D eigenvalue weighted by molar-refractivity contribution is 6.00. The van der Waals surface area contributed by atoms with Crippen molar-refractivity contribution in [1.82, 2.24) is 0 Å². The van der Waals surface area contributed by atoms with E-state index in [9.17, 15) is 14.8 Å². The smallest absolute Gasteiger partial charge is 0.334 e. The summed E-state index contributed by atoms with van der Waals surface area (Å²) in [5.41, 5.74) is 1.91. The van der Waals surface area contributed by atoms with Gasteiger partial charge in [-0.15, -0.1) is 0 Å². The van der Waals surface area contributed by atoms with Crippen molar-refractivity contribution < 1.29 is 23.7 Å². The zero-order valence-corrected chi connectivity index (χ0v) is 16.5. The predicted octanol–water partition coefficient (Wildman–Crippen LogP) is 2.48. The minimum absolute atomic E-state index is 0.0177. The Morgan fingerprint density at radius 1 is 1.32 bits per heavy atom. The lowest BCUT2D eigenvalue weighted by molar-refractivity contribution is -0.906. The van der Waals surface area contributed by atoms with Crippen LogP contribution < -0.4 is 0 Å². The Labute approximate surface area is 164 Å². The molecule has 28 heavy (non-hydrogen) atoms. The van der Waals surface area contributed by atoms with Gasteiger partial charge in [0.15, 0.2) is 0 Å². The van der Waals surface area contributed by atoms with Crippen LogP contribution in [0.1, 0.15) is 39.0 Å². The fourth-order valence-corrected chi connectivity index (χ4v) is 8.03. The molecular weight excluding hydrogens is 358 g/mol. The second-order valence-electron chi connectivity index (χ2n) is 9.89. The summed E-state index contributed by atoms with van der Waals surface area (Å²) < 4.78 is 11.1. The van der Waals surface area contributed by atoms with Gasteiger partial charge in [-0.1, -0.05) is 6.92 Å². The molecule has 6 aliphatic rings. The summed E-state index contributed by atoms with van der Waals surface area (Å²) in [7, 11) is 1.41. The van der Waals surface area contributed by atoms with Gasteiger partial charge in [0, 0.05) is 54.1 Å². The lowest BCUT2D eigenvalue weighted by Gasteiger charge is -2.58. The largest absolute Gasteiger partial charge is 0.633 e. The Hall–Kier alpha value is -1.66. The van der Waals surface area contributed by atoms with Crippen LogP contribution >= 0.6 is 0 Å². The number of quaternary nitrogens is 1. The van der Waals surface area contributed by atoms with E-state index in [0.717, 1.165) is 36.2 Å². The van der Waals surface area contributed by atoms with Crippen LogP contribution in [0.2, 0.25) is 0 Å². The highest BCUT2D eigenvalue weighted by Crippen LogP contribution is 2.68. The standard InChI is InChI=1S/C22H27NO5/c1-11-9-23(26)10-12-3-4-17-19-13(5-6-28-17)15(21(25)27-2)8-22(19)18(12)16(23)7-14(11)20(22)24/h11-12,14,16,18H,3-10H2,1-2H3/t11-,12-,14-,16-,18?,22+,23-/m1/s1. The fourth-order valence-electron chi connectivity index (χ4n) is 8.03. The lowest BCUT2D eigenvalue weighted by atomic mass is 9.52. The Kier molecular flexibility index (Phi) is 3.25. The predicted molar refractivity (Wildman–Crippen MR) is 99.3 cm³/mol. The van der Waals surface area contributed by atoms with Crippen LogP contribution in [0.5, 0.6) is 0 Å². The topological polar surface area (TPSA) is 75.7 Å². The number of nitrogens with zero attached hydrogens (tertiary/aromatic N) is 1. The molecule has 150 valence electrons. The van der Waals surface area contributed by atoms with Gasteiger partial charge in [-0.3, -0.25) is 4.79 Å². The monoisotopic (exact) mass is 385 g/mol. The number of methoxy groups -OCH3 is 1. The molecule has 2 saturated heterocycles. The number of piperidine rings is 1. The van der Waals surface area contributed by atoms with Crippen molar-refractivity contribution >= 4 is 11.8 Å². The maximum absolute atomic E-state index is 14.1. The normalized spacial score (nSPS) is 48.2. The van der Waals surface area contributed by atoms with Crippen LogP contribution in [0.3, 0.4) is 0 Å². The van der Waals surface area contributed by atoms with Gasteiger partial charge >= 0.3 is 5.97 Å². The third-order valence-electron chi connectivity index (χ3n) is 8.84. The molecular formula is C22H27NO5. The summed E-state index contributed by atoms with van der Waals surface area (Å²) in [6.45, 7) is 3.81. The molecule has 0 aromatic rings. The quantitative estimate of drug-likeness (QED) is 0.394. The molecule has 7 atom stereocenters. The van der Waals surface area contributed by atoms with Crippen molar-refractivity contribution in [2.75, 3.05) is 26.8 Å². The molecule has 0 amide bonds. The zero-order chi connectivity index (χ0) is 19.4. The van der Waals surface area contributed by atoms with E-state index in [-0.39, 0.29) is 46.1 Å². The van der Waals surface area contributed by atoms with Gasteiger partial charge in [-0.2, -0.15) is 0 Å². The van der Waals surface area contributed by atoms with E-state index < -0.39 is 5.41 Å². The Balaban J connectivity index is 1.62. The van der Waals surface area contributed by atoms with E-state index in [4.69, 9.17) is 9.47 Å². The average molecular weight is 385 g/mol. The highest BCUT2D eigenvalue weighted by Gasteiger charge is 2.72. The molecule has 1 saturated carbocycles. The molecule has 2 bridgehead atoms. The summed E-state index contributed by atoms with van der Waals surface area (Å²) >= 11 is 0. The van der Waals surface area contributed by atoms with Gasteiger partial charge in [0.05, 0.1) is 38.3 Å². The van der Waals surface area contributed by atoms with E-state index in [0.29, 0.717) is 38.1 Å². The van der Waals surface area contributed by atoms with Crippen LogP contribution in [0, 0.1) is 34.3 Å². The minimum atomic E-state index is -0.734. The number of ketones is 1. The van der Waals surface area contributed by atoms with Crippen LogP contribution in [0.15, 0.2) is 22.5 Å². The van der Waals surface area contributed by atoms with Crippen molar-refractivity contribution in [3.05, 3.63) is 27.7 Å². The number of allylic oxidation sites excluding steroid dienone is 2. The molecule has 6 nitrogen and oxygen atoms in total. The molecule has 1 unspecified atom stereocenters. The third kappa shape index (κ3) is 1.78. The molecule has 6 rings (SSSR count). The maximum Gasteiger partial charge on any atom is 0.334 e. The van der Waals surface area contributed by atoms with Gasteiger partial charge < -0.3 is 19.3 Å². The molecule has 6 heteroatoms. The molecule has 3 aliphatic heterocycles. The number of ether oxygens (including phenoxy) is 2. The van der Waals surface area contributed by atoms with Crippen molar-refractivity contribution in [2.45, 2.75) is 45.1 Å². The Morgan fingerprint density at radius 3 is 2.93 bits per heavy atom. The zero-order valence-electron chi connectivity index (χ0n) is 16.5. The van der Waals surface area contributed by atoms with E-state index in [1.165, 1.54) is 7.11 Å². The van der Waals surface area contributed by atoms with Crippen LogP contribution in [0.25, 0.3) is 0 Å². The number of hydrogen-bond acceptors (Lipinski definition) is 5. The van der Waals surface area contributed by atoms with E-state index in [1.807, 2.05) is 0 Å². The lowest BCUT2D eigenvalue weighted by Crippen LogP contribution is -2.65. The number of fused-ring (bicyclic) bond motifs is 1. The molecule has 0 radical (unpaired) electrons. The van der Waals surface area contributed by atoms with Crippen molar-refractivity contribution in [1.29, 1.82) is 0 Å². The van der Waals surface area contributed by atoms with Crippen molar-refractivity contribution in [3.63, 3.8) is 0 Å². The first-order valence-corrected chi connectivity index (χ1v) is 10.7. The number of hydrogen-bond donors (Lipinski definition) is 0. The summed E-state index contributed by atoms with van der Waals surface area (Å²) in [6.07, 6.45) is 3.47. The molecule has 1 spiro atoms. The number of carbonyl (C=O) groups excluding carboxylic acids is 2. The van der Waals surface area contributed by atoms with Gasteiger partial charge in [0.25, 0.3) is 0 Å². The molecule has 0 aromatic heterocycles. The van der Waals surface area contributed by atoms with E-state index >= 15 is 0 Å². The molecule has 0 N–H and O–H groups in total. The Morgan fingerprint density at radius 2 is 2.14 bits per heavy atom. The summed E-state index contributed by atoms with van der Waals surface area (Å²) in [4.78, 5) is 26.8. The van der Waals surface area contributed by atoms with Crippen molar-refractivity contribution in [2.24, 2.45) is 29.1 Å². The van der Waals surface area contributed by atoms with E-state index in [2.05, 4.69) is 6.92 Å². The summed E-state index contributed by atoms with van der Waals surface area (Å²) in [6, 6.07) is -0.0177. The number of rotatable bonds is 1. The summed E-state index contributed by atoms with van der Waals surface area (Å²) in [5, 5.41) is 13.8. The van der Waals surface area contributed by atoms with Crippen LogP contribution in [-0.4, -0.2) is 49.2 Å². The number of hydroxylamine groups is 3. The molecule has 3 aliphatic carbocycles. The SMILES string of the molecule is COC(=O)C1=C2CCOC3=C2[C@@]2(C1)C(=O)[C@@H]1C[C@@H]4C2[C@H](CC3)C[N@+]4([O-])C[C@H]1C. The first kappa shape index (κ1) is 17.2. The third-order valence-corrected chi connectivity index (χ3v) is 8.84. The summed E-state index contributed by atoms with van der Waals surface area (Å²) in [5.74, 6) is 1.15. The molecule has 3 heterocycles. The van der Waals surface area contributed by atoms with Gasteiger partial charge in [0.2, 0.25) is 0 Å². The number of Topliss-reactive ketones (excluding diaryl/α,β-unsaturated/α-hetero) is 1. The first-order chi connectivity index (χ1) is 13.4. The minimum Gasteiger partial charge on any atom is -0.633 e. The average Bonchev–Trinajstić information content (AvgIpc) is 3.12. The second kappa shape index (κ2) is 5.28. The number of esters is 1. The van der Waals surface area contributed by atoms with Gasteiger partial charge in [-0.25, -0.2) is 4.79 Å². The molecule has 3 fully saturated rings. The number of carbonyl (C=O) groups is 2. The van der Waals surface area contributed by atoms with Crippen molar-refractivity contribution in [3.8, 4) is 0 Å². The highest BCUT2D eigenvalue weighted by atomic mass is 16.6. The Bertz CT molecular complexity index is 874. The van der Waals surface area contributed by atoms with Gasteiger partial charge in [0.1, 0.15) is 11.5 Å². The van der Waals surface area contributed by atoms with Crippen LogP contribution in [-0.2, 0) is 19.1 Å². The molecule has 0 aromatic carbocycles. The van der Waals surface area contributed by atoms with E-state index in [1.54, 1.807) is 0 Å². The van der Waals surface area contributed by atoms with Crippen LogP contribution in [0.4, 0.5) is 0 Å². The first-order valence-electron chi connectivity index (χ1n) is 10.7. The maximum atomic E-state index is 14.1. The second-order valence-corrected chi connectivity index (χ2v) is 9.89. The fraction of sp³-hybridized carbons (Fsp3) is 0.727. The van der Waals surface area contributed by atoms with Gasteiger partial charge in [-0.05, 0) is 18.4 Å².